The van der Waals surface area contributed by atoms with E-state index in [9.17, 15) is 10.1 Å². The fourth-order valence-electron chi connectivity index (χ4n) is 5.46. The number of nitriles is 1. The SMILES string of the molecule is Cl.N#CC1(c2ccncc2-c2c(F)cc(N3C[C@H](Cn4ccnn4)OC3=O)cc2F)C2CNCC21. The first-order chi connectivity index (χ1) is 16.5. The minimum atomic E-state index is -0.839. The summed E-state index contributed by atoms with van der Waals surface area (Å²) in [6.07, 6.45) is 4.85. The van der Waals surface area contributed by atoms with Gasteiger partial charge in [0.2, 0.25) is 0 Å². The van der Waals surface area contributed by atoms with Gasteiger partial charge < -0.3 is 10.1 Å². The zero-order chi connectivity index (χ0) is 23.4. The maximum atomic E-state index is 15.4. The molecule has 2 unspecified atom stereocenters. The highest BCUT2D eigenvalue weighted by Crippen LogP contribution is 2.62. The first-order valence-corrected chi connectivity index (χ1v) is 10.9. The number of amides is 1. The van der Waals surface area contributed by atoms with Crippen LogP contribution >= 0.6 is 12.4 Å². The molecule has 3 aliphatic rings. The second kappa shape index (κ2) is 8.55. The Labute approximate surface area is 205 Å². The molecule has 1 aromatic carbocycles. The quantitative estimate of drug-likeness (QED) is 0.575. The smallest absolute Gasteiger partial charge is 0.414 e. The van der Waals surface area contributed by atoms with Crippen LogP contribution in [-0.4, -0.2) is 51.8 Å². The summed E-state index contributed by atoms with van der Waals surface area (Å²) in [5.41, 5.74) is -0.147. The lowest BCUT2D eigenvalue weighted by Gasteiger charge is -2.20. The van der Waals surface area contributed by atoms with E-state index < -0.39 is 29.2 Å². The highest BCUT2D eigenvalue weighted by Gasteiger charge is 2.68. The molecule has 3 aromatic rings. The van der Waals surface area contributed by atoms with Crippen molar-refractivity contribution in [2.75, 3.05) is 24.5 Å². The number of nitrogens with one attached hydrogen (secondary N) is 1. The van der Waals surface area contributed by atoms with Crippen molar-refractivity contribution < 1.29 is 18.3 Å². The number of rotatable bonds is 5. The summed E-state index contributed by atoms with van der Waals surface area (Å²) in [4.78, 5) is 17.7. The van der Waals surface area contributed by atoms with Crippen LogP contribution in [0.1, 0.15) is 5.56 Å². The molecule has 2 aromatic heterocycles. The lowest BCUT2D eigenvalue weighted by Crippen LogP contribution is -2.26. The third-order valence-electron chi connectivity index (χ3n) is 7.07. The zero-order valence-corrected chi connectivity index (χ0v) is 19.1. The molecule has 2 aliphatic heterocycles. The van der Waals surface area contributed by atoms with Gasteiger partial charge in [0, 0.05) is 49.1 Å². The van der Waals surface area contributed by atoms with Crippen LogP contribution in [0, 0.1) is 34.8 Å². The molecule has 3 atom stereocenters. The lowest BCUT2D eigenvalue weighted by atomic mass is 9.86. The zero-order valence-electron chi connectivity index (χ0n) is 18.3. The first-order valence-electron chi connectivity index (χ1n) is 10.9. The van der Waals surface area contributed by atoms with Crippen molar-refractivity contribution in [2.24, 2.45) is 11.8 Å². The lowest BCUT2D eigenvalue weighted by molar-refractivity contribution is 0.129. The number of ether oxygens (including phenoxy) is 1. The van der Waals surface area contributed by atoms with Gasteiger partial charge in [0.1, 0.15) is 17.7 Å². The van der Waals surface area contributed by atoms with Gasteiger partial charge in [-0.15, -0.1) is 17.5 Å². The summed E-state index contributed by atoms with van der Waals surface area (Å²) in [5.74, 6) is -1.47. The molecule has 9 nitrogen and oxygen atoms in total. The third kappa shape index (κ3) is 3.52. The summed E-state index contributed by atoms with van der Waals surface area (Å²) in [6.45, 7) is 1.77. The van der Waals surface area contributed by atoms with Crippen LogP contribution in [0.25, 0.3) is 11.1 Å². The van der Waals surface area contributed by atoms with Crippen molar-refractivity contribution >= 4 is 24.2 Å². The molecule has 4 heterocycles. The van der Waals surface area contributed by atoms with Gasteiger partial charge in [-0.3, -0.25) is 9.88 Å². The molecule has 2 saturated heterocycles. The Morgan fingerprint density at radius 1 is 1.23 bits per heavy atom. The van der Waals surface area contributed by atoms with Gasteiger partial charge in [-0.2, -0.15) is 5.26 Å². The van der Waals surface area contributed by atoms with Crippen molar-refractivity contribution in [3.63, 3.8) is 0 Å². The number of anilines is 1. The van der Waals surface area contributed by atoms with Gasteiger partial charge in [-0.1, -0.05) is 5.21 Å². The minimum absolute atomic E-state index is 0. The van der Waals surface area contributed by atoms with E-state index in [-0.39, 0.29) is 54.1 Å². The molecule has 3 fully saturated rings. The van der Waals surface area contributed by atoms with Crippen molar-refractivity contribution in [1.82, 2.24) is 25.3 Å². The second-order valence-corrected chi connectivity index (χ2v) is 8.80. The predicted molar refractivity (Wildman–Crippen MR) is 122 cm³/mol. The van der Waals surface area contributed by atoms with Crippen LogP contribution in [-0.2, 0) is 16.7 Å². The summed E-state index contributed by atoms with van der Waals surface area (Å²) < 4.78 is 37.6. The van der Waals surface area contributed by atoms with Crippen LogP contribution in [0.15, 0.2) is 43.0 Å². The van der Waals surface area contributed by atoms with Crippen molar-refractivity contribution in [3.8, 4) is 17.2 Å². The molecule has 1 N–H and O–H groups in total. The molecule has 35 heavy (non-hydrogen) atoms. The molecule has 180 valence electrons. The molecule has 0 bridgehead atoms. The Morgan fingerprint density at radius 3 is 2.63 bits per heavy atom. The fourth-order valence-corrected chi connectivity index (χ4v) is 5.46. The monoisotopic (exact) mass is 499 g/mol. The summed E-state index contributed by atoms with van der Waals surface area (Å²) in [5, 5.41) is 20.8. The highest BCUT2D eigenvalue weighted by atomic mass is 35.5. The Hall–Kier alpha value is -3.62. The minimum Gasteiger partial charge on any atom is -0.442 e. The number of carbonyl (C=O) groups excluding carboxylic acids is 1. The number of hydrogen-bond donors (Lipinski definition) is 1. The Kier molecular flexibility index (Phi) is 5.65. The standard InChI is InChI=1S/C23H19F2N7O2.ClH/c24-19-5-13(32-11-14(34-22(32)33)10-31-4-3-29-30-31)6-20(25)21(19)15-7-27-2-1-16(15)23(12-26)17-8-28-9-18(17)23;/h1-7,14,17-18,28H,8-11H2;1H/t14-,17?,18?,23?;/m0./s1. The van der Waals surface area contributed by atoms with E-state index in [1.54, 1.807) is 18.5 Å². The molecular weight excluding hydrogens is 480 g/mol. The summed E-state index contributed by atoms with van der Waals surface area (Å²) >= 11 is 0. The van der Waals surface area contributed by atoms with Crippen LogP contribution in [0.3, 0.4) is 0 Å². The van der Waals surface area contributed by atoms with E-state index in [2.05, 4.69) is 26.7 Å². The van der Waals surface area contributed by atoms with Crippen LogP contribution < -0.4 is 10.2 Å². The van der Waals surface area contributed by atoms with Crippen LogP contribution in [0.4, 0.5) is 19.3 Å². The number of benzene rings is 1. The predicted octanol–water partition coefficient (Wildman–Crippen LogP) is 2.68. The number of pyridine rings is 1. The number of hydrogen-bond acceptors (Lipinski definition) is 7. The van der Waals surface area contributed by atoms with Crippen LogP contribution in [0.5, 0.6) is 0 Å². The molecule has 6 rings (SSSR count). The van der Waals surface area contributed by atoms with Crippen LogP contribution in [0.2, 0.25) is 0 Å². The van der Waals surface area contributed by atoms with E-state index in [1.807, 2.05) is 0 Å². The van der Waals surface area contributed by atoms with E-state index in [0.29, 0.717) is 18.7 Å². The van der Waals surface area contributed by atoms with E-state index in [4.69, 9.17) is 4.74 Å². The highest BCUT2D eigenvalue weighted by molar-refractivity contribution is 5.90. The molecule has 0 spiro atoms. The Balaban J connectivity index is 0.00000253. The number of halogens is 3. The van der Waals surface area contributed by atoms with E-state index >= 15 is 8.78 Å². The maximum absolute atomic E-state index is 15.4. The topological polar surface area (TPSA) is 109 Å². The van der Waals surface area contributed by atoms with Gasteiger partial charge in [-0.25, -0.2) is 18.3 Å². The average molecular weight is 500 g/mol. The van der Waals surface area contributed by atoms with Gasteiger partial charge in [0.25, 0.3) is 0 Å². The fraction of sp³-hybridized carbons (Fsp3) is 0.348. The summed E-state index contributed by atoms with van der Waals surface area (Å²) in [6, 6.07) is 6.32. The normalized spacial score (nSPS) is 26.6. The Morgan fingerprint density at radius 2 is 1.97 bits per heavy atom. The summed E-state index contributed by atoms with van der Waals surface area (Å²) in [7, 11) is 0. The van der Waals surface area contributed by atoms with Gasteiger partial charge in [0.05, 0.1) is 42.0 Å². The van der Waals surface area contributed by atoms with Gasteiger partial charge >= 0.3 is 6.09 Å². The number of nitrogens with zero attached hydrogens (tertiary/aromatic N) is 6. The second-order valence-electron chi connectivity index (χ2n) is 8.80. The van der Waals surface area contributed by atoms with Crippen molar-refractivity contribution in [1.29, 1.82) is 5.26 Å². The van der Waals surface area contributed by atoms with Gasteiger partial charge in [-0.05, 0) is 23.8 Å². The molecule has 1 amide bonds. The molecule has 12 heteroatoms. The first kappa shape index (κ1) is 23.1. The van der Waals surface area contributed by atoms with Gasteiger partial charge in [0.15, 0.2) is 0 Å². The van der Waals surface area contributed by atoms with E-state index in [0.717, 1.165) is 12.1 Å². The number of piperidine rings is 1. The number of carbonyl (C=O) groups is 1. The third-order valence-corrected chi connectivity index (χ3v) is 7.07. The molecule has 1 aliphatic carbocycles. The molecule has 1 saturated carbocycles. The number of aromatic nitrogens is 4. The number of cyclic esters (lactones) is 1. The largest absolute Gasteiger partial charge is 0.442 e. The maximum Gasteiger partial charge on any atom is 0.414 e. The number of fused-ring (bicyclic) bond motifs is 1. The average Bonchev–Trinajstić information content (AvgIpc) is 3.34. The van der Waals surface area contributed by atoms with Crippen molar-refractivity contribution in [3.05, 3.63) is 60.2 Å². The van der Waals surface area contributed by atoms with Crippen molar-refractivity contribution in [2.45, 2.75) is 18.1 Å². The van der Waals surface area contributed by atoms with E-state index in [1.165, 1.54) is 22.0 Å². The molecular formula is C23H20ClF2N7O2. The molecule has 0 radical (unpaired) electrons. The Bertz CT molecular complexity index is 1300.